The molecule has 0 unspecified atom stereocenters. The topological polar surface area (TPSA) is 77.9 Å². The first-order valence-electron chi connectivity index (χ1n) is 5.70. The van der Waals surface area contributed by atoms with Crippen molar-refractivity contribution < 1.29 is 19.5 Å². The van der Waals surface area contributed by atoms with Crippen LogP contribution in [0.5, 0.6) is 0 Å². The van der Waals surface area contributed by atoms with Crippen molar-refractivity contribution in [2.75, 3.05) is 27.2 Å². The molecule has 19 heavy (non-hydrogen) atoms. The number of rotatable bonds is 6. The lowest BCUT2D eigenvalue weighted by Crippen LogP contribution is -2.31. The van der Waals surface area contributed by atoms with Crippen LogP contribution in [0.15, 0.2) is 12.1 Å². The van der Waals surface area contributed by atoms with Crippen molar-refractivity contribution in [2.24, 2.45) is 0 Å². The number of nitrogens with zero attached hydrogens (tertiary/aromatic N) is 2. The highest BCUT2D eigenvalue weighted by molar-refractivity contribution is 7.15. The fourth-order valence-electron chi connectivity index (χ4n) is 1.46. The third kappa shape index (κ3) is 4.36. The molecule has 1 aromatic heterocycles. The molecular formula is C12H16N2O4S. The lowest BCUT2D eigenvalue weighted by Gasteiger charge is -2.18. The lowest BCUT2D eigenvalue weighted by atomic mass is 10.3. The summed E-state index contributed by atoms with van der Waals surface area (Å²) in [7, 11) is 3.14. The van der Waals surface area contributed by atoms with E-state index in [-0.39, 0.29) is 5.91 Å². The lowest BCUT2D eigenvalue weighted by molar-refractivity contribution is 0.0794. The van der Waals surface area contributed by atoms with E-state index in [1.807, 2.05) is 0 Å². The van der Waals surface area contributed by atoms with Crippen LogP contribution in [0.3, 0.4) is 0 Å². The van der Waals surface area contributed by atoms with Crippen LogP contribution in [-0.2, 0) is 0 Å². The minimum atomic E-state index is -0.983. The van der Waals surface area contributed by atoms with Crippen LogP contribution in [0.25, 0.3) is 0 Å². The number of amides is 2. The van der Waals surface area contributed by atoms with Crippen molar-refractivity contribution in [3.8, 4) is 0 Å². The second-order valence-corrected chi connectivity index (χ2v) is 5.22. The molecule has 0 atom stereocenters. The van der Waals surface area contributed by atoms with E-state index >= 15 is 0 Å². The number of thiophene rings is 1. The van der Waals surface area contributed by atoms with Crippen LogP contribution >= 0.6 is 11.3 Å². The minimum Gasteiger partial charge on any atom is -0.465 e. The summed E-state index contributed by atoms with van der Waals surface area (Å²) in [6.07, 6.45) is 0.295. The Hall–Kier alpha value is -1.89. The summed E-state index contributed by atoms with van der Waals surface area (Å²) in [6, 6.07) is 3.23. The molecule has 1 aromatic rings. The molecule has 0 saturated carbocycles. The summed E-state index contributed by atoms with van der Waals surface area (Å²) in [6.45, 7) is 0.835. The Morgan fingerprint density at radius 2 is 1.89 bits per heavy atom. The first-order valence-corrected chi connectivity index (χ1v) is 6.52. The second-order valence-electron chi connectivity index (χ2n) is 4.10. The molecular weight excluding hydrogens is 268 g/mol. The van der Waals surface area contributed by atoms with E-state index in [1.165, 1.54) is 16.8 Å². The predicted molar refractivity (Wildman–Crippen MR) is 71.9 cm³/mol. The molecule has 1 heterocycles. The van der Waals surface area contributed by atoms with Gasteiger partial charge in [0.05, 0.1) is 9.75 Å². The SMILES string of the molecule is CN(CCCN(C)C(=O)c1ccc(C=O)s1)C(=O)O. The number of carbonyl (C=O) groups is 3. The average Bonchev–Trinajstić information content (AvgIpc) is 2.86. The molecule has 1 N–H and O–H groups in total. The summed E-state index contributed by atoms with van der Waals surface area (Å²) in [5.74, 6) is -0.156. The standard InChI is InChI=1S/C12H16N2O4S/c1-13(6-3-7-14(2)12(17)18)11(16)10-5-4-9(8-15)19-10/h4-5,8H,3,6-7H2,1-2H3,(H,17,18). The van der Waals surface area contributed by atoms with Crippen LogP contribution in [0.4, 0.5) is 4.79 Å². The Morgan fingerprint density at radius 1 is 1.26 bits per heavy atom. The maximum absolute atomic E-state index is 12.0. The number of carboxylic acid groups (broad SMARTS) is 1. The molecule has 1 rings (SSSR count). The second kappa shape index (κ2) is 6.89. The van der Waals surface area contributed by atoms with Gasteiger partial charge in [-0.15, -0.1) is 11.3 Å². The molecule has 0 aliphatic carbocycles. The molecule has 0 radical (unpaired) electrons. The van der Waals surface area contributed by atoms with Crippen LogP contribution in [0.2, 0.25) is 0 Å². The van der Waals surface area contributed by atoms with Gasteiger partial charge in [-0.05, 0) is 18.6 Å². The summed E-state index contributed by atoms with van der Waals surface area (Å²) >= 11 is 1.15. The van der Waals surface area contributed by atoms with Gasteiger partial charge in [0.2, 0.25) is 0 Å². The highest BCUT2D eigenvalue weighted by Gasteiger charge is 2.14. The van der Waals surface area contributed by atoms with Gasteiger partial charge in [-0.1, -0.05) is 0 Å². The normalized spacial score (nSPS) is 10.0. The van der Waals surface area contributed by atoms with Crippen LogP contribution < -0.4 is 0 Å². The van der Waals surface area contributed by atoms with Gasteiger partial charge in [0.15, 0.2) is 6.29 Å². The quantitative estimate of drug-likeness (QED) is 0.805. The van der Waals surface area contributed by atoms with E-state index < -0.39 is 6.09 Å². The van der Waals surface area contributed by atoms with Crippen molar-refractivity contribution in [1.29, 1.82) is 0 Å². The number of carbonyl (C=O) groups excluding carboxylic acids is 2. The molecule has 104 valence electrons. The molecule has 0 bridgehead atoms. The maximum Gasteiger partial charge on any atom is 0.407 e. The fraction of sp³-hybridized carbons (Fsp3) is 0.417. The van der Waals surface area contributed by atoms with Gasteiger partial charge in [0.25, 0.3) is 5.91 Å². The Labute approximate surface area is 115 Å². The number of aldehydes is 1. The smallest absolute Gasteiger partial charge is 0.407 e. The summed E-state index contributed by atoms with van der Waals surface area (Å²) < 4.78 is 0. The number of hydrogen-bond donors (Lipinski definition) is 1. The zero-order valence-electron chi connectivity index (χ0n) is 10.8. The van der Waals surface area contributed by atoms with E-state index in [0.29, 0.717) is 35.6 Å². The molecule has 7 heteroatoms. The van der Waals surface area contributed by atoms with Gasteiger partial charge < -0.3 is 14.9 Å². The zero-order valence-corrected chi connectivity index (χ0v) is 11.6. The molecule has 0 aliphatic heterocycles. The molecule has 0 fully saturated rings. The van der Waals surface area contributed by atoms with Crippen LogP contribution in [-0.4, -0.2) is 60.4 Å². The largest absolute Gasteiger partial charge is 0.465 e. The van der Waals surface area contributed by atoms with E-state index in [9.17, 15) is 14.4 Å². The van der Waals surface area contributed by atoms with Gasteiger partial charge >= 0.3 is 6.09 Å². The molecule has 0 spiro atoms. The summed E-state index contributed by atoms with van der Waals surface area (Å²) in [5, 5.41) is 8.68. The van der Waals surface area contributed by atoms with Crippen molar-refractivity contribution in [2.45, 2.75) is 6.42 Å². The van der Waals surface area contributed by atoms with Crippen LogP contribution in [0.1, 0.15) is 25.8 Å². The van der Waals surface area contributed by atoms with Gasteiger partial charge in [-0.2, -0.15) is 0 Å². The van der Waals surface area contributed by atoms with E-state index in [4.69, 9.17) is 5.11 Å². The highest BCUT2D eigenvalue weighted by Crippen LogP contribution is 2.16. The summed E-state index contributed by atoms with van der Waals surface area (Å²) in [4.78, 5) is 36.8. The van der Waals surface area contributed by atoms with E-state index in [1.54, 1.807) is 19.2 Å². The van der Waals surface area contributed by atoms with Gasteiger partial charge in [0.1, 0.15) is 0 Å². The predicted octanol–water partition coefficient (Wildman–Crippen LogP) is 1.63. The first kappa shape index (κ1) is 15.2. The van der Waals surface area contributed by atoms with Crippen molar-refractivity contribution in [1.82, 2.24) is 9.80 Å². The van der Waals surface area contributed by atoms with Crippen molar-refractivity contribution in [3.63, 3.8) is 0 Å². The Balaban J connectivity index is 2.44. The monoisotopic (exact) mass is 284 g/mol. The number of hydrogen-bond acceptors (Lipinski definition) is 4. The van der Waals surface area contributed by atoms with Crippen molar-refractivity contribution >= 4 is 29.6 Å². The van der Waals surface area contributed by atoms with Gasteiger partial charge in [0, 0.05) is 27.2 Å². The third-order valence-electron chi connectivity index (χ3n) is 2.61. The minimum absolute atomic E-state index is 0.156. The average molecular weight is 284 g/mol. The molecule has 0 aliphatic rings. The van der Waals surface area contributed by atoms with Crippen LogP contribution in [0, 0.1) is 0 Å². The Morgan fingerprint density at radius 3 is 2.42 bits per heavy atom. The molecule has 6 nitrogen and oxygen atoms in total. The van der Waals surface area contributed by atoms with E-state index in [2.05, 4.69) is 0 Å². The molecule has 2 amide bonds. The first-order chi connectivity index (χ1) is 8.95. The van der Waals surface area contributed by atoms with Gasteiger partial charge in [-0.25, -0.2) is 4.79 Å². The van der Waals surface area contributed by atoms with E-state index in [0.717, 1.165) is 11.3 Å². The summed E-state index contributed by atoms with van der Waals surface area (Å²) in [5.41, 5.74) is 0. The fourth-order valence-corrected chi connectivity index (χ4v) is 2.28. The van der Waals surface area contributed by atoms with Crippen molar-refractivity contribution in [3.05, 3.63) is 21.9 Å². The molecule has 0 aromatic carbocycles. The Kier molecular flexibility index (Phi) is 5.50. The van der Waals surface area contributed by atoms with Gasteiger partial charge in [-0.3, -0.25) is 9.59 Å². The zero-order chi connectivity index (χ0) is 14.4. The Bertz CT molecular complexity index is 472. The molecule has 0 saturated heterocycles. The maximum atomic E-state index is 12.0. The third-order valence-corrected chi connectivity index (χ3v) is 3.61. The highest BCUT2D eigenvalue weighted by atomic mass is 32.1.